The molecule has 6 nitrogen and oxygen atoms in total. The molecule has 0 saturated heterocycles. The van der Waals surface area contributed by atoms with E-state index < -0.39 is 0 Å². The van der Waals surface area contributed by atoms with E-state index in [4.69, 9.17) is 14.5 Å². The van der Waals surface area contributed by atoms with Crippen LogP contribution in [-0.2, 0) is 17.8 Å². The van der Waals surface area contributed by atoms with Crippen LogP contribution in [0.5, 0.6) is 11.5 Å². The van der Waals surface area contributed by atoms with E-state index in [0.29, 0.717) is 18.7 Å². The zero-order chi connectivity index (χ0) is 22.8. The fourth-order valence-corrected chi connectivity index (χ4v) is 3.65. The van der Waals surface area contributed by atoms with Crippen LogP contribution < -0.4 is 14.8 Å². The van der Waals surface area contributed by atoms with Gasteiger partial charge in [-0.05, 0) is 50.5 Å². The minimum Gasteiger partial charge on any atom is -0.493 e. The number of benzene rings is 2. The topological polar surface area (TPSA) is 65.4 Å². The van der Waals surface area contributed by atoms with E-state index in [9.17, 15) is 4.79 Å². The molecular formula is C26H33N3O3. The highest BCUT2D eigenvalue weighted by Crippen LogP contribution is 2.26. The molecule has 32 heavy (non-hydrogen) atoms. The number of carbonyl (C=O) groups excluding carboxylic acids is 1. The highest BCUT2D eigenvalue weighted by atomic mass is 16.5. The van der Waals surface area contributed by atoms with Crippen molar-refractivity contribution in [1.29, 1.82) is 0 Å². The molecule has 1 aromatic heterocycles. The maximum Gasteiger partial charge on any atom is 0.246 e. The van der Waals surface area contributed by atoms with Gasteiger partial charge in [0.05, 0.1) is 24.8 Å². The van der Waals surface area contributed by atoms with Gasteiger partial charge in [-0.15, -0.1) is 0 Å². The van der Waals surface area contributed by atoms with Gasteiger partial charge in [0, 0.05) is 25.1 Å². The zero-order valence-electron chi connectivity index (χ0n) is 19.1. The van der Waals surface area contributed by atoms with E-state index >= 15 is 0 Å². The quantitative estimate of drug-likeness (QED) is 0.306. The highest BCUT2D eigenvalue weighted by molar-refractivity contribution is 5.92. The second-order valence-corrected chi connectivity index (χ2v) is 7.87. The van der Waals surface area contributed by atoms with Gasteiger partial charge in [0.1, 0.15) is 5.82 Å². The van der Waals surface area contributed by atoms with Crippen LogP contribution >= 0.6 is 0 Å². The van der Waals surface area contributed by atoms with Crippen molar-refractivity contribution >= 4 is 16.9 Å². The van der Waals surface area contributed by atoms with Crippen molar-refractivity contribution in [3.63, 3.8) is 0 Å². The molecule has 1 heterocycles. The fraction of sp³-hybridized carbons (Fsp3) is 0.385. The Morgan fingerprint density at radius 1 is 1.03 bits per heavy atom. The smallest absolute Gasteiger partial charge is 0.246 e. The Labute approximate surface area is 190 Å². The minimum atomic E-state index is -0.0675. The maximum atomic E-state index is 11.6. The monoisotopic (exact) mass is 435 g/mol. The molecule has 0 saturated carbocycles. The van der Waals surface area contributed by atoms with E-state index in [1.54, 1.807) is 14.0 Å². The first-order chi connectivity index (χ1) is 15.6. The predicted molar refractivity (Wildman–Crippen MR) is 128 cm³/mol. The zero-order valence-corrected chi connectivity index (χ0v) is 19.1. The van der Waals surface area contributed by atoms with Crippen molar-refractivity contribution in [2.24, 2.45) is 0 Å². The molecule has 0 atom stereocenters. The summed E-state index contributed by atoms with van der Waals surface area (Å²) in [7, 11) is 1.65. The Morgan fingerprint density at radius 2 is 1.78 bits per heavy atom. The number of unbranched alkanes of at least 4 members (excludes halogenated alkanes) is 2. The summed E-state index contributed by atoms with van der Waals surface area (Å²) in [5.74, 6) is 2.56. The number of aryl methyl sites for hydroxylation is 2. The number of rotatable bonds is 13. The highest BCUT2D eigenvalue weighted by Gasteiger charge is 2.11. The molecule has 0 spiro atoms. The van der Waals surface area contributed by atoms with E-state index in [0.717, 1.165) is 67.0 Å². The SMILES string of the molecule is C=C(C)C(=O)NCCCCCc1nc2ccccc2n1CCCOc1ccccc1OC. The van der Waals surface area contributed by atoms with Crippen LogP contribution in [-0.4, -0.2) is 35.7 Å². The van der Waals surface area contributed by atoms with E-state index in [2.05, 4.69) is 34.7 Å². The van der Waals surface area contributed by atoms with Gasteiger partial charge in [-0.25, -0.2) is 4.98 Å². The third-order valence-corrected chi connectivity index (χ3v) is 5.34. The summed E-state index contributed by atoms with van der Waals surface area (Å²) in [6.07, 6.45) is 4.81. The lowest BCUT2D eigenvalue weighted by Gasteiger charge is -2.12. The van der Waals surface area contributed by atoms with Crippen LogP contribution in [0.15, 0.2) is 60.7 Å². The Bertz CT molecular complexity index is 1040. The number of nitrogens with zero attached hydrogens (tertiary/aromatic N) is 2. The molecule has 170 valence electrons. The Hall–Kier alpha value is -3.28. The van der Waals surface area contributed by atoms with Gasteiger partial charge in [0.15, 0.2) is 11.5 Å². The van der Waals surface area contributed by atoms with Crippen LogP contribution in [0.4, 0.5) is 0 Å². The Kier molecular flexibility index (Phi) is 8.72. The van der Waals surface area contributed by atoms with Crippen LogP contribution in [0.25, 0.3) is 11.0 Å². The van der Waals surface area contributed by atoms with Gasteiger partial charge in [-0.1, -0.05) is 37.3 Å². The molecule has 0 fully saturated rings. The molecule has 1 N–H and O–H groups in total. The lowest BCUT2D eigenvalue weighted by atomic mass is 10.2. The van der Waals surface area contributed by atoms with Crippen LogP contribution in [0.1, 0.15) is 38.4 Å². The number of amides is 1. The molecule has 0 bridgehead atoms. The van der Waals surface area contributed by atoms with Crippen molar-refractivity contribution in [2.45, 2.75) is 45.6 Å². The molecule has 6 heteroatoms. The summed E-state index contributed by atoms with van der Waals surface area (Å²) in [4.78, 5) is 16.4. The van der Waals surface area contributed by atoms with Crippen molar-refractivity contribution in [3.05, 3.63) is 66.5 Å². The van der Waals surface area contributed by atoms with Crippen LogP contribution in [0, 0.1) is 0 Å². The number of nitrogens with one attached hydrogen (secondary N) is 1. The number of para-hydroxylation sites is 4. The lowest BCUT2D eigenvalue weighted by Crippen LogP contribution is -2.24. The summed E-state index contributed by atoms with van der Waals surface area (Å²) in [5, 5.41) is 2.89. The number of methoxy groups -OCH3 is 1. The number of aromatic nitrogens is 2. The molecule has 1 amide bonds. The number of imidazole rings is 1. The summed E-state index contributed by atoms with van der Waals surface area (Å²) >= 11 is 0. The predicted octanol–water partition coefficient (Wildman–Crippen LogP) is 4.92. The minimum absolute atomic E-state index is 0.0675. The molecule has 3 rings (SSSR count). The second-order valence-electron chi connectivity index (χ2n) is 7.87. The molecule has 0 radical (unpaired) electrons. The van der Waals surface area contributed by atoms with Gasteiger partial charge in [-0.2, -0.15) is 0 Å². The van der Waals surface area contributed by atoms with Crippen LogP contribution in [0.3, 0.4) is 0 Å². The number of ether oxygens (including phenoxy) is 2. The summed E-state index contributed by atoms with van der Waals surface area (Å²) in [6, 6.07) is 16.0. The molecular weight excluding hydrogens is 402 g/mol. The number of carbonyl (C=O) groups is 1. The van der Waals surface area contributed by atoms with Crippen LogP contribution in [0.2, 0.25) is 0 Å². The average Bonchev–Trinajstić information content (AvgIpc) is 3.16. The Balaban J connectivity index is 1.52. The van der Waals surface area contributed by atoms with Crippen molar-refractivity contribution in [3.8, 4) is 11.5 Å². The summed E-state index contributed by atoms with van der Waals surface area (Å²) in [5.41, 5.74) is 2.74. The number of fused-ring (bicyclic) bond motifs is 1. The molecule has 3 aromatic rings. The van der Waals surface area contributed by atoms with Gasteiger partial charge < -0.3 is 19.4 Å². The van der Waals surface area contributed by atoms with Gasteiger partial charge in [0.2, 0.25) is 5.91 Å². The van der Waals surface area contributed by atoms with E-state index in [1.165, 1.54) is 0 Å². The van der Waals surface area contributed by atoms with Crippen molar-refractivity contribution < 1.29 is 14.3 Å². The van der Waals surface area contributed by atoms with Crippen molar-refractivity contribution in [2.75, 3.05) is 20.3 Å². The molecule has 0 unspecified atom stereocenters. The van der Waals surface area contributed by atoms with Gasteiger partial charge in [0.25, 0.3) is 0 Å². The summed E-state index contributed by atoms with van der Waals surface area (Å²) < 4.78 is 13.6. The standard InChI is InChI=1S/C26H33N3O3/c1-20(2)26(30)27-17-10-4-5-16-25-28-21-12-6-7-13-22(21)29(25)18-11-19-32-24-15-9-8-14-23(24)31-3/h6-9,12-15H,1,4-5,10-11,16-19H2,2-3H3,(H,27,30). The third kappa shape index (κ3) is 6.36. The van der Waals surface area contributed by atoms with Crippen molar-refractivity contribution in [1.82, 2.24) is 14.9 Å². The fourth-order valence-electron chi connectivity index (χ4n) is 3.65. The van der Waals surface area contributed by atoms with E-state index in [-0.39, 0.29) is 5.91 Å². The normalized spacial score (nSPS) is 10.8. The largest absolute Gasteiger partial charge is 0.493 e. The van der Waals surface area contributed by atoms with Gasteiger partial charge in [-0.3, -0.25) is 4.79 Å². The molecule has 2 aromatic carbocycles. The first-order valence-electron chi connectivity index (χ1n) is 11.2. The lowest BCUT2D eigenvalue weighted by molar-refractivity contribution is -0.117. The van der Waals surface area contributed by atoms with E-state index in [1.807, 2.05) is 30.3 Å². The molecule has 0 aliphatic heterocycles. The summed E-state index contributed by atoms with van der Waals surface area (Å²) in [6.45, 7) is 7.52. The molecule has 0 aliphatic carbocycles. The third-order valence-electron chi connectivity index (χ3n) is 5.34. The average molecular weight is 436 g/mol. The second kappa shape index (κ2) is 11.9. The maximum absolute atomic E-state index is 11.6. The Morgan fingerprint density at radius 3 is 2.56 bits per heavy atom. The first-order valence-corrected chi connectivity index (χ1v) is 11.2. The van der Waals surface area contributed by atoms with Gasteiger partial charge >= 0.3 is 0 Å². The number of hydrogen-bond donors (Lipinski definition) is 1. The molecule has 0 aliphatic rings. The number of hydrogen-bond acceptors (Lipinski definition) is 4. The first kappa shape index (κ1) is 23.4.